The third kappa shape index (κ3) is 2.21. The zero-order valence-corrected chi connectivity index (χ0v) is 10.4. The number of fused-ring (bicyclic) bond motifs is 1. The average Bonchev–Trinajstić information content (AvgIpc) is 2.82. The number of rotatable bonds is 3. The molecule has 1 unspecified atom stereocenters. The van der Waals surface area contributed by atoms with E-state index in [9.17, 15) is 18.0 Å². The van der Waals surface area contributed by atoms with Gasteiger partial charge in [-0.1, -0.05) is 24.3 Å². The Morgan fingerprint density at radius 1 is 1.35 bits per heavy atom. The van der Waals surface area contributed by atoms with E-state index >= 15 is 0 Å². The molecule has 0 saturated heterocycles. The average molecular weight is 280 g/mol. The fourth-order valence-electron chi connectivity index (χ4n) is 2.50. The molecule has 0 saturated carbocycles. The molecule has 1 aromatic carbocycles. The van der Waals surface area contributed by atoms with Crippen molar-refractivity contribution >= 4 is 5.78 Å². The van der Waals surface area contributed by atoms with Gasteiger partial charge in [-0.25, -0.2) is 0 Å². The van der Waals surface area contributed by atoms with Crippen molar-refractivity contribution < 1.29 is 18.0 Å². The van der Waals surface area contributed by atoms with E-state index < -0.39 is 17.5 Å². The van der Waals surface area contributed by atoms with Crippen LogP contribution in [-0.2, 0) is 13.0 Å². The maximum atomic E-state index is 12.3. The van der Waals surface area contributed by atoms with E-state index in [0.717, 1.165) is 18.8 Å². The molecule has 1 atom stereocenters. The van der Waals surface area contributed by atoms with Crippen molar-refractivity contribution in [1.29, 1.82) is 0 Å². The summed E-state index contributed by atoms with van der Waals surface area (Å²) < 4.78 is 38.3. The normalized spacial score (nSPS) is 17.4. The molecule has 1 aliphatic rings. The molecule has 0 aliphatic heterocycles. The molecule has 1 aliphatic carbocycles. The quantitative estimate of drug-likeness (QED) is 0.810. The molecule has 6 heteroatoms. The molecule has 20 heavy (non-hydrogen) atoms. The van der Waals surface area contributed by atoms with E-state index in [1.165, 1.54) is 15.8 Å². The van der Waals surface area contributed by atoms with Crippen LogP contribution in [0.4, 0.5) is 13.2 Å². The first-order chi connectivity index (χ1) is 9.45. The van der Waals surface area contributed by atoms with Gasteiger partial charge in [-0.05, 0) is 17.5 Å². The summed E-state index contributed by atoms with van der Waals surface area (Å²) in [5.41, 5.74) is 2.05. The summed E-state index contributed by atoms with van der Waals surface area (Å²) in [6.07, 6.45) is -1.83. The Labute approximate surface area is 113 Å². The van der Waals surface area contributed by atoms with Crippen LogP contribution in [0.5, 0.6) is 0 Å². The predicted octanol–water partition coefficient (Wildman–Crippen LogP) is 2.97. The fraction of sp³-hybridized carbons (Fsp3) is 0.286. The molecule has 1 aromatic heterocycles. The number of aromatic nitrogens is 2. The van der Waals surface area contributed by atoms with Crippen LogP contribution in [0.25, 0.3) is 0 Å². The second-order valence-corrected chi connectivity index (χ2v) is 4.88. The molecular formula is C14H11F3N2O. The van der Waals surface area contributed by atoms with Gasteiger partial charge in [0.15, 0.2) is 0 Å². The number of ketones is 1. The largest absolute Gasteiger partial charge is 0.454 e. The number of hydrogen-bond acceptors (Lipinski definition) is 2. The lowest BCUT2D eigenvalue weighted by molar-refractivity contribution is -0.0885. The molecule has 0 bridgehead atoms. The maximum Gasteiger partial charge on any atom is 0.454 e. The molecule has 1 heterocycles. The molecule has 3 rings (SSSR count). The van der Waals surface area contributed by atoms with Crippen LogP contribution in [-0.4, -0.2) is 21.7 Å². The minimum absolute atomic E-state index is 0.250. The summed E-state index contributed by atoms with van der Waals surface area (Å²) in [6, 6.07) is 7.94. The number of halogens is 3. The van der Waals surface area contributed by atoms with Crippen molar-refractivity contribution in [3.63, 3.8) is 0 Å². The number of hydrogen-bond donors (Lipinski definition) is 0. The SMILES string of the molecule is O=C(c1cnn(CC2Cc3ccccc32)c1)C(F)(F)F. The zero-order valence-electron chi connectivity index (χ0n) is 10.4. The van der Waals surface area contributed by atoms with Crippen molar-refractivity contribution in [3.05, 3.63) is 53.3 Å². The monoisotopic (exact) mass is 280 g/mol. The molecule has 0 fully saturated rings. The minimum atomic E-state index is -4.85. The standard InChI is InChI=1S/C14H11F3N2O/c15-14(16,17)13(20)11-6-18-19(8-11)7-10-5-9-3-1-2-4-12(9)10/h1-4,6,8,10H,5,7H2. The first-order valence-corrected chi connectivity index (χ1v) is 6.17. The van der Waals surface area contributed by atoms with Gasteiger partial charge in [-0.15, -0.1) is 0 Å². The molecule has 0 spiro atoms. The summed E-state index contributed by atoms with van der Waals surface area (Å²) in [5, 5.41) is 3.84. The number of Topliss-reactive ketones (excluding diaryl/α,β-unsaturated/α-hetero) is 1. The Morgan fingerprint density at radius 3 is 2.80 bits per heavy atom. The van der Waals surface area contributed by atoms with Crippen molar-refractivity contribution in [2.24, 2.45) is 0 Å². The Morgan fingerprint density at radius 2 is 2.10 bits per heavy atom. The van der Waals surface area contributed by atoms with Crippen molar-refractivity contribution in [1.82, 2.24) is 9.78 Å². The lowest BCUT2D eigenvalue weighted by atomic mass is 9.78. The van der Waals surface area contributed by atoms with Crippen LogP contribution < -0.4 is 0 Å². The lowest BCUT2D eigenvalue weighted by Crippen LogP contribution is -2.23. The number of carbonyl (C=O) groups is 1. The Bertz CT molecular complexity index is 660. The molecular weight excluding hydrogens is 269 g/mol. The molecule has 0 radical (unpaired) electrons. The topological polar surface area (TPSA) is 34.9 Å². The van der Waals surface area contributed by atoms with Gasteiger partial charge in [-0.2, -0.15) is 18.3 Å². The summed E-state index contributed by atoms with van der Waals surface area (Å²) in [6.45, 7) is 0.488. The third-order valence-corrected chi connectivity index (χ3v) is 3.52. The molecule has 104 valence electrons. The lowest BCUT2D eigenvalue weighted by Gasteiger charge is -2.29. The fourth-order valence-corrected chi connectivity index (χ4v) is 2.50. The second kappa shape index (κ2) is 4.47. The first kappa shape index (κ1) is 12.9. The minimum Gasteiger partial charge on any atom is -0.284 e. The van der Waals surface area contributed by atoms with Crippen molar-refractivity contribution in [3.8, 4) is 0 Å². The van der Waals surface area contributed by atoms with Crippen molar-refractivity contribution in [2.45, 2.75) is 25.1 Å². The van der Waals surface area contributed by atoms with E-state index in [2.05, 4.69) is 5.10 Å². The smallest absolute Gasteiger partial charge is 0.284 e. The van der Waals surface area contributed by atoms with Gasteiger partial charge in [0.05, 0.1) is 11.8 Å². The highest BCUT2D eigenvalue weighted by molar-refractivity contribution is 5.99. The third-order valence-electron chi connectivity index (χ3n) is 3.52. The van der Waals surface area contributed by atoms with E-state index in [4.69, 9.17) is 0 Å². The zero-order chi connectivity index (χ0) is 14.3. The Balaban J connectivity index is 1.72. The van der Waals surface area contributed by atoms with E-state index in [1.54, 1.807) is 0 Å². The van der Waals surface area contributed by atoms with Crippen molar-refractivity contribution in [2.75, 3.05) is 0 Å². The Kier molecular flexibility index (Phi) is 2.88. The highest BCUT2D eigenvalue weighted by Crippen LogP contribution is 2.35. The second-order valence-electron chi connectivity index (χ2n) is 4.88. The van der Waals surface area contributed by atoms with Crippen LogP contribution in [0.3, 0.4) is 0 Å². The predicted molar refractivity (Wildman–Crippen MR) is 65.5 cm³/mol. The highest BCUT2D eigenvalue weighted by atomic mass is 19.4. The van der Waals surface area contributed by atoms with Crippen LogP contribution in [0.1, 0.15) is 27.4 Å². The van der Waals surface area contributed by atoms with Gasteiger partial charge in [0.25, 0.3) is 5.78 Å². The highest BCUT2D eigenvalue weighted by Gasteiger charge is 2.40. The maximum absolute atomic E-state index is 12.3. The van der Waals surface area contributed by atoms with E-state index in [0.29, 0.717) is 6.54 Å². The van der Waals surface area contributed by atoms with Crippen LogP contribution in [0.15, 0.2) is 36.7 Å². The van der Waals surface area contributed by atoms with Crippen LogP contribution >= 0.6 is 0 Å². The van der Waals surface area contributed by atoms with Gasteiger partial charge < -0.3 is 0 Å². The van der Waals surface area contributed by atoms with E-state index in [1.807, 2.05) is 24.3 Å². The van der Waals surface area contributed by atoms with Gasteiger partial charge in [-0.3, -0.25) is 9.48 Å². The summed E-state index contributed by atoms with van der Waals surface area (Å²) in [7, 11) is 0. The molecule has 3 nitrogen and oxygen atoms in total. The Hall–Kier alpha value is -2.11. The number of carbonyl (C=O) groups excluding carboxylic acids is 1. The molecule has 0 N–H and O–H groups in total. The van der Waals surface area contributed by atoms with Gasteiger partial charge in [0.1, 0.15) is 0 Å². The number of nitrogens with zero attached hydrogens (tertiary/aromatic N) is 2. The summed E-state index contributed by atoms with van der Waals surface area (Å²) in [4.78, 5) is 11.1. The van der Waals surface area contributed by atoms with E-state index in [-0.39, 0.29) is 5.92 Å². The number of benzene rings is 1. The van der Waals surface area contributed by atoms with Crippen LogP contribution in [0.2, 0.25) is 0 Å². The summed E-state index contributed by atoms with van der Waals surface area (Å²) in [5.74, 6) is -1.60. The number of alkyl halides is 3. The van der Waals surface area contributed by atoms with Gasteiger partial charge >= 0.3 is 6.18 Å². The summed E-state index contributed by atoms with van der Waals surface area (Å²) >= 11 is 0. The van der Waals surface area contributed by atoms with Gasteiger partial charge in [0.2, 0.25) is 0 Å². The van der Waals surface area contributed by atoms with Crippen LogP contribution in [0, 0.1) is 0 Å². The van der Waals surface area contributed by atoms with Gasteiger partial charge in [0, 0.05) is 18.7 Å². The molecule has 0 amide bonds. The molecule has 2 aromatic rings. The first-order valence-electron chi connectivity index (χ1n) is 6.17.